The molecule has 1 amide bonds. The van der Waals surface area contributed by atoms with E-state index < -0.39 is 0 Å². The number of allylic oxidation sites excluding steroid dienone is 1. The number of carbonyl (C=O) groups is 1. The molecule has 0 aliphatic carbocycles. The fourth-order valence-electron chi connectivity index (χ4n) is 2.84. The number of methoxy groups -OCH3 is 1. The average molecular weight is 318 g/mol. The van der Waals surface area contributed by atoms with E-state index in [2.05, 4.69) is 4.90 Å². The number of carbonyl (C=O) groups excluding carboxylic acids is 1. The van der Waals surface area contributed by atoms with E-state index in [4.69, 9.17) is 9.84 Å². The lowest BCUT2D eigenvalue weighted by Gasteiger charge is -2.33. The summed E-state index contributed by atoms with van der Waals surface area (Å²) in [6, 6.07) is 7.88. The Morgan fingerprint density at radius 2 is 1.96 bits per heavy atom. The lowest BCUT2D eigenvalue weighted by molar-refractivity contribution is -0.127. The second kappa shape index (κ2) is 8.70. The van der Waals surface area contributed by atoms with Crippen molar-refractivity contribution in [3.63, 3.8) is 0 Å². The number of aliphatic hydroxyl groups excluding tert-OH is 1. The van der Waals surface area contributed by atoms with E-state index in [9.17, 15) is 4.79 Å². The Morgan fingerprint density at radius 3 is 2.61 bits per heavy atom. The number of hydrogen-bond donors (Lipinski definition) is 1. The quantitative estimate of drug-likeness (QED) is 0.804. The van der Waals surface area contributed by atoms with Crippen molar-refractivity contribution in [3.05, 3.63) is 41.5 Å². The molecule has 0 unspecified atom stereocenters. The van der Waals surface area contributed by atoms with Crippen LogP contribution >= 0.6 is 0 Å². The Hall–Kier alpha value is -1.85. The van der Waals surface area contributed by atoms with E-state index in [0.717, 1.165) is 43.1 Å². The van der Waals surface area contributed by atoms with Crippen molar-refractivity contribution in [3.8, 4) is 5.75 Å². The summed E-state index contributed by atoms with van der Waals surface area (Å²) in [4.78, 5) is 16.4. The average Bonchev–Trinajstić information content (AvgIpc) is 2.56. The molecule has 1 saturated heterocycles. The van der Waals surface area contributed by atoms with Crippen molar-refractivity contribution in [2.75, 3.05) is 46.4 Å². The Bertz CT molecular complexity index is 549. The third-order valence-corrected chi connectivity index (χ3v) is 4.13. The zero-order valence-corrected chi connectivity index (χ0v) is 14.0. The summed E-state index contributed by atoms with van der Waals surface area (Å²) in [5.74, 6) is 0.923. The predicted octanol–water partition coefficient (Wildman–Crippen LogP) is 1.32. The van der Waals surface area contributed by atoms with Gasteiger partial charge in [-0.1, -0.05) is 23.8 Å². The molecular formula is C18H26N2O3. The highest BCUT2D eigenvalue weighted by atomic mass is 16.5. The molecule has 5 nitrogen and oxygen atoms in total. The van der Waals surface area contributed by atoms with Gasteiger partial charge in [0.25, 0.3) is 0 Å². The van der Waals surface area contributed by atoms with E-state index in [1.54, 1.807) is 13.2 Å². The second-order valence-corrected chi connectivity index (χ2v) is 5.87. The maximum Gasteiger partial charge on any atom is 0.246 e. The van der Waals surface area contributed by atoms with Crippen LogP contribution in [0.1, 0.15) is 12.5 Å². The fourth-order valence-corrected chi connectivity index (χ4v) is 2.84. The van der Waals surface area contributed by atoms with Crippen LogP contribution in [0.3, 0.4) is 0 Å². The van der Waals surface area contributed by atoms with Gasteiger partial charge in [-0.05, 0) is 25.0 Å². The van der Waals surface area contributed by atoms with Gasteiger partial charge in [-0.25, -0.2) is 0 Å². The van der Waals surface area contributed by atoms with Gasteiger partial charge in [0.15, 0.2) is 0 Å². The molecule has 1 aliphatic heterocycles. The minimum Gasteiger partial charge on any atom is -0.496 e. The molecular weight excluding hydrogens is 292 g/mol. The first-order valence-electron chi connectivity index (χ1n) is 8.05. The summed E-state index contributed by atoms with van der Waals surface area (Å²) in [5, 5.41) is 8.95. The maximum atomic E-state index is 12.4. The molecule has 2 rings (SSSR count). The van der Waals surface area contributed by atoms with Crippen LogP contribution in [0.25, 0.3) is 0 Å². The number of rotatable bonds is 6. The highest BCUT2D eigenvalue weighted by Crippen LogP contribution is 2.20. The van der Waals surface area contributed by atoms with E-state index in [0.29, 0.717) is 13.0 Å². The normalized spacial score (nSPS) is 16.5. The highest BCUT2D eigenvalue weighted by Gasteiger charge is 2.19. The number of aliphatic hydroxyl groups is 1. The van der Waals surface area contributed by atoms with Crippen LogP contribution in [-0.2, 0) is 11.2 Å². The number of benzene rings is 1. The molecule has 0 atom stereocenters. The van der Waals surface area contributed by atoms with Gasteiger partial charge < -0.3 is 14.7 Å². The van der Waals surface area contributed by atoms with Gasteiger partial charge >= 0.3 is 0 Å². The number of piperazine rings is 1. The summed E-state index contributed by atoms with van der Waals surface area (Å²) in [5.41, 5.74) is 2.11. The minimum absolute atomic E-state index is 0.0704. The molecule has 0 radical (unpaired) electrons. The molecule has 0 bridgehead atoms. The molecule has 5 heteroatoms. The molecule has 1 N–H and O–H groups in total. The topological polar surface area (TPSA) is 53.0 Å². The lowest BCUT2D eigenvalue weighted by Crippen LogP contribution is -2.48. The standard InChI is InChI=1S/C18H26N2O3/c1-15(13-16-5-3-4-6-17(16)23-2)14-18(22)20-9-7-19(8-10-20)11-12-21/h3-6,14,21H,7-13H2,1-2H3. The molecule has 0 spiro atoms. The van der Waals surface area contributed by atoms with Gasteiger partial charge in [0.2, 0.25) is 5.91 Å². The molecule has 1 aromatic carbocycles. The fraction of sp³-hybridized carbons (Fsp3) is 0.500. The number of hydrogen-bond acceptors (Lipinski definition) is 4. The Kier molecular flexibility index (Phi) is 6.62. The number of nitrogens with zero attached hydrogens (tertiary/aromatic N) is 2. The molecule has 1 aliphatic rings. The highest BCUT2D eigenvalue weighted by molar-refractivity contribution is 5.88. The number of para-hydroxylation sites is 1. The third-order valence-electron chi connectivity index (χ3n) is 4.13. The van der Waals surface area contributed by atoms with Gasteiger partial charge in [-0.3, -0.25) is 9.69 Å². The van der Waals surface area contributed by atoms with Crippen LogP contribution in [-0.4, -0.2) is 67.3 Å². The van der Waals surface area contributed by atoms with E-state index in [1.807, 2.05) is 36.1 Å². The summed E-state index contributed by atoms with van der Waals surface area (Å²) in [6.45, 7) is 5.93. The summed E-state index contributed by atoms with van der Waals surface area (Å²) in [7, 11) is 1.66. The van der Waals surface area contributed by atoms with E-state index in [1.165, 1.54) is 0 Å². The van der Waals surface area contributed by atoms with Crippen LogP contribution in [0.5, 0.6) is 5.75 Å². The first-order valence-corrected chi connectivity index (χ1v) is 8.05. The van der Waals surface area contributed by atoms with Gasteiger partial charge in [0.05, 0.1) is 13.7 Å². The smallest absolute Gasteiger partial charge is 0.246 e. The Balaban J connectivity index is 1.92. The van der Waals surface area contributed by atoms with Crippen molar-refractivity contribution in [2.24, 2.45) is 0 Å². The van der Waals surface area contributed by atoms with Gasteiger partial charge in [-0.15, -0.1) is 0 Å². The molecule has 126 valence electrons. The van der Waals surface area contributed by atoms with Gasteiger partial charge in [-0.2, -0.15) is 0 Å². The van der Waals surface area contributed by atoms with Crippen LogP contribution in [0, 0.1) is 0 Å². The number of amides is 1. The molecule has 0 saturated carbocycles. The van der Waals surface area contributed by atoms with E-state index in [-0.39, 0.29) is 12.5 Å². The molecule has 1 aromatic rings. The van der Waals surface area contributed by atoms with Crippen LogP contribution < -0.4 is 4.74 Å². The zero-order chi connectivity index (χ0) is 16.7. The largest absolute Gasteiger partial charge is 0.496 e. The van der Waals surface area contributed by atoms with Crippen molar-refractivity contribution in [1.82, 2.24) is 9.80 Å². The second-order valence-electron chi connectivity index (χ2n) is 5.87. The maximum absolute atomic E-state index is 12.4. The Labute approximate surface area is 138 Å². The van der Waals surface area contributed by atoms with Crippen molar-refractivity contribution in [1.29, 1.82) is 0 Å². The zero-order valence-electron chi connectivity index (χ0n) is 14.0. The molecule has 23 heavy (non-hydrogen) atoms. The predicted molar refractivity (Wildman–Crippen MR) is 90.6 cm³/mol. The van der Waals surface area contributed by atoms with Crippen molar-refractivity contribution >= 4 is 5.91 Å². The van der Waals surface area contributed by atoms with Crippen molar-refractivity contribution < 1.29 is 14.6 Å². The van der Waals surface area contributed by atoms with Gasteiger partial charge in [0, 0.05) is 38.8 Å². The van der Waals surface area contributed by atoms with Crippen molar-refractivity contribution in [2.45, 2.75) is 13.3 Å². The number of β-amino-alcohol motifs (C(OH)–C–C–N with tert-alkyl or cyclic N) is 1. The Morgan fingerprint density at radius 1 is 1.26 bits per heavy atom. The molecule has 0 aromatic heterocycles. The first-order chi connectivity index (χ1) is 11.1. The SMILES string of the molecule is COc1ccccc1CC(C)=CC(=O)N1CCN(CCO)CC1. The summed E-state index contributed by atoms with van der Waals surface area (Å²) < 4.78 is 5.35. The van der Waals surface area contributed by atoms with E-state index >= 15 is 0 Å². The summed E-state index contributed by atoms with van der Waals surface area (Å²) >= 11 is 0. The molecule has 1 heterocycles. The number of ether oxygens (including phenoxy) is 1. The monoisotopic (exact) mass is 318 g/mol. The van der Waals surface area contributed by atoms with Crippen LogP contribution in [0.4, 0.5) is 0 Å². The third kappa shape index (κ3) is 5.08. The van der Waals surface area contributed by atoms with Crippen LogP contribution in [0.15, 0.2) is 35.9 Å². The van der Waals surface area contributed by atoms with Gasteiger partial charge in [0.1, 0.15) is 5.75 Å². The lowest BCUT2D eigenvalue weighted by atomic mass is 10.0. The molecule has 1 fully saturated rings. The first kappa shape index (κ1) is 17.5. The minimum atomic E-state index is 0.0704. The summed E-state index contributed by atoms with van der Waals surface area (Å²) in [6.07, 6.45) is 2.44. The van der Waals surface area contributed by atoms with Crippen LogP contribution in [0.2, 0.25) is 0 Å².